The largest absolute Gasteiger partial charge is 0.369 e. The van der Waals surface area contributed by atoms with Crippen LogP contribution in [0.2, 0.25) is 10.0 Å². The minimum Gasteiger partial charge on any atom is -0.369 e. The Bertz CT molecular complexity index is 1040. The van der Waals surface area contributed by atoms with Crippen LogP contribution in [-0.2, 0) is 14.4 Å². The van der Waals surface area contributed by atoms with Crippen LogP contribution < -0.4 is 15.5 Å². The summed E-state index contributed by atoms with van der Waals surface area (Å²) in [7, 11) is 0. The van der Waals surface area contributed by atoms with E-state index in [1.54, 1.807) is 24.3 Å². The summed E-state index contributed by atoms with van der Waals surface area (Å²) in [5, 5.41) is 6.60. The Balaban J connectivity index is 1.32. The van der Waals surface area contributed by atoms with Gasteiger partial charge in [0, 0.05) is 50.0 Å². The summed E-state index contributed by atoms with van der Waals surface area (Å²) in [6, 6.07) is 13.8. The summed E-state index contributed by atoms with van der Waals surface area (Å²) in [6.07, 6.45) is -0.132. The number of amides is 3. The van der Waals surface area contributed by atoms with Crippen LogP contribution in [-0.4, -0.2) is 79.4 Å². The van der Waals surface area contributed by atoms with E-state index >= 15 is 0 Å². The summed E-state index contributed by atoms with van der Waals surface area (Å²) >= 11 is 12.1. The Hall–Kier alpha value is -2.81. The highest BCUT2D eigenvalue weighted by atomic mass is 35.5. The summed E-state index contributed by atoms with van der Waals surface area (Å²) < 4.78 is 0. The second kappa shape index (κ2) is 11.1. The van der Waals surface area contributed by atoms with E-state index < -0.39 is 6.04 Å². The van der Waals surface area contributed by atoms with Gasteiger partial charge in [-0.05, 0) is 36.4 Å². The van der Waals surface area contributed by atoms with Crippen LogP contribution in [0.1, 0.15) is 6.42 Å². The number of halogens is 2. The molecule has 0 bridgehead atoms. The fraction of sp³-hybridized carbons (Fsp3) is 0.375. The Morgan fingerprint density at radius 1 is 0.971 bits per heavy atom. The lowest BCUT2D eigenvalue weighted by Crippen LogP contribution is -2.60. The molecule has 2 saturated heterocycles. The molecule has 0 radical (unpaired) electrons. The number of benzene rings is 2. The SMILES string of the molecule is O=C(C[C@H]1C(=O)NCCN1C(=O)CN1CCN(c2ccc(Cl)cc2)CC1)Nc1ccccc1Cl. The van der Waals surface area contributed by atoms with Gasteiger partial charge in [-0.15, -0.1) is 0 Å². The van der Waals surface area contributed by atoms with Crippen LogP contribution in [0.3, 0.4) is 0 Å². The van der Waals surface area contributed by atoms with Crippen molar-refractivity contribution in [3.8, 4) is 0 Å². The Morgan fingerprint density at radius 2 is 1.68 bits per heavy atom. The van der Waals surface area contributed by atoms with Crippen molar-refractivity contribution >= 4 is 52.3 Å². The number of carbonyl (C=O) groups is 3. The highest BCUT2D eigenvalue weighted by molar-refractivity contribution is 6.33. The number of para-hydroxylation sites is 1. The van der Waals surface area contributed by atoms with E-state index in [1.807, 2.05) is 24.3 Å². The summed E-state index contributed by atoms with van der Waals surface area (Å²) in [6.45, 7) is 4.00. The van der Waals surface area contributed by atoms with Gasteiger partial charge >= 0.3 is 0 Å². The Labute approximate surface area is 208 Å². The van der Waals surface area contributed by atoms with Gasteiger partial charge in [0.15, 0.2) is 0 Å². The molecule has 2 aliphatic heterocycles. The number of rotatable bonds is 6. The molecule has 0 unspecified atom stereocenters. The molecule has 180 valence electrons. The molecule has 0 saturated carbocycles. The Kier molecular flexibility index (Phi) is 7.92. The average molecular weight is 504 g/mol. The van der Waals surface area contributed by atoms with E-state index in [1.165, 1.54) is 4.90 Å². The predicted molar refractivity (Wildman–Crippen MR) is 133 cm³/mol. The monoisotopic (exact) mass is 503 g/mol. The van der Waals surface area contributed by atoms with Gasteiger partial charge in [-0.3, -0.25) is 19.3 Å². The van der Waals surface area contributed by atoms with E-state index in [-0.39, 0.29) is 30.7 Å². The lowest BCUT2D eigenvalue weighted by Gasteiger charge is -2.39. The predicted octanol–water partition coefficient (Wildman–Crippen LogP) is 2.47. The summed E-state index contributed by atoms with van der Waals surface area (Å²) in [5.74, 6) is -0.837. The van der Waals surface area contributed by atoms with Gasteiger partial charge in [0.1, 0.15) is 6.04 Å². The van der Waals surface area contributed by atoms with Crippen LogP contribution in [0.25, 0.3) is 0 Å². The van der Waals surface area contributed by atoms with E-state index in [9.17, 15) is 14.4 Å². The number of nitrogens with zero attached hydrogens (tertiary/aromatic N) is 3. The molecule has 8 nitrogen and oxygen atoms in total. The molecule has 34 heavy (non-hydrogen) atoms. The minimum atomic E-state index is -0.848. The van der Waals surface area contributed by atoms with Crippen LogP contribution in [0.4, 0.5) is 11.4 Å². The van der Waals surface area contributed by atoms with Gasteiger partial charge in [-0.2, -0.15) is 0 Å². The van der Waals surface area contributed by atoms with Crippen molar-refractivity contribution in [1.29, 1.82) is 0 Å². The van der Waals surface area contributed by atoms with E-state index in [4.69, 9.17) is 23.2 Å². The molecule has 2 aromatic carbocycles. The maximum Gasteiger partial charge on any atom is 0.243 e. The van der Waals surface area contributed by atoms with Crippen molar-refractivity contribution in [3.63, 3.8) is 0 Å². The van der Waals surface area contributed by atoms with Crippen molar-refractivity contribution < 1.29 is 14.4 Å². The zero-order valence-corrected chi connectivity index (χ0v) is 20.2. The van der Waals surface area contributed by atoms with Crippen molar-refractivity contribution in [2.24, 2.45) is 0 Å². The molecular formula is C24H27Cl2N5O3. The van der Waals surface area contributed by atoms with E-state index in [0.717, 1.165) is 31.9 Å². The molecule has 4 rings (SSSR count). The topological polar surface area (TPSA) is 85.0 Å². The number of hydrogen-bond acceptors (Lipinski definition) is 5. The summed E-state index contributed by atoms with van der Waals surface area (Å²) in [5.41, 5.74) is 1.58. The maximum absolute atomic E-state index is 13.1. The fourth-order valence-corrected chi connectivity index (χ4v) is 4.56. The maximum atomic E-state index is 13.1. The number of nitrogens with one attached hydrogen (secondary N) is 2. The van der Waals surface area contributed by atoms with E-state index in [2.05, 4.69) is 20.4 Å². The molecule has 0 aromatic heterocycles. The molecule has 2 fully saturated rings. The van der Waals surface area contributed by atoms with Crippen LogP contribution >= 0.6 is 23.2 Å². The molecule has 2 heterocycles. The third-order valence-corrected chi connectivity index (χ3v) is 6.68. The van der Waals surface area contributed by atoms with Gasteiger partial charge in [0.25, 0.3) is 0 Å². The van der Waals surface area contributed by atoms with Gasteiger partial charge in [0.2, 0.25) is 17.7 Å². The first-order chi connectivity index (χ1) is 16.4. The van der Waals surface area contributed by atoms with Crippen molar-refractivity contribution in [2.45, 2.75) is 12.5 Å². The first-order valence-corrected chi connectivity index (χ1v) is 12.0. The molecule has 0 aliphatic carbocycles. The highest BCUT2D eigenvalue weighted by Gasteiger charge is 2.35. The first kappa shape index (κ1) is 24.3. The van der Waals surface area contributed by atoms with Gasteiger partial charge < -0.3 is 20.4 Å². The zero-order chi connectivity index (χ0) is 24.1. The molecule has 10 heteroatoms. The Morgan fingerprint density at radius 3 is 2.38 bits per heavy atom. The van der Waals surface area contributed by atoms with E-state index in [0.29, 0.717) is 28.8 Å². The van der Waals surface area contributed by atoms with Crippen LogP contribution in [0, 0.1) is 0 Å². The highest BCUT2D eigenvalue weighted by Crippen LogP contribution is 2.22. The van der Waals surface area contributed by atoms with Gasteiger partial charge in [-0.25, -0.2) is 0 Å². The standard InChI is InChI=1S/C24H27Cl2N5O3/c25-17-5-7-18(8-6-17)30-13-11-29(12-14-30)16-23(33)31-10-9-27-24(34)21(31)15-22(32)28-20-4-2-1-3-19(20)26/h1-8,21H,9-16H2,(H,27,34)(H,28,32)/t21-/m0/s1. The number of anilines is 2. The third kappa shape index (κ3) is 6.00. The normalized spacial score (nSPS) is 19.0. The second-order valence-corrected chi connectivity index (χ2v) is 9.21. The fourth-order valence-electron chi connectivity index (χ4n) is 4.25. The first-order valence-electron chi connectivity index (χ1n) is 11.2. The average Bonchev–Trinajstić information content (AvgIpc) is 2.83. The quantitative estimate of drug-likeness (QED) is 0.632. The number of piperazine rings is 2. The second-order valence-electron chi connectivity index (χ2n) is 8.37. The lowest BCUT2D eigenvalue weighted by atomic mass is 10.1. The lowest BCUT2D eigenvalue weighted by molar-refractivity contribution is -0.145. The molecule has 2 aliphatic rings. The number of hydrogen-bond donors (Lipinski definition) is 2. The van der Waals surface area contributed by atoms with Gasteiger partial charge in [-0.1, -0.05) is 35.3 Å². The molecule has 1 atom stereocenters. The van der Waals surface area contributed by atoms with Crippen molar-refractivity contribution in [1.82, 2.24) is 15.1 Å². The molecule has 2 aromatic rings. The zero-order valence-electron chi connectivity index (χ0n) is 18.7. The smallest absolute Gasteiger partial charge is 0.243 e. The molecule has 0 spiro atoms. The molecule has 2 N–H and O–H groups in total. The van der Waals surface area contributed by atoms with Crippen LogP contribution in [0.5, 0.6) is 0 Å². The van der Waals surface area contributed by atoms with Crippen molar-refractivity contribution in [2.75, 3.05) is 56.0 Å². The minimum absolute atomic E-state index is 0.132. The number of carbonyl (C=O) groups excluding carboxylic acids is 3. The molecule has 3 amide bonds. The van der Waals surface area contributed by atoms with Crippen LogP contribution in [0.15, 0.2) is 48.5 Å². The van der Waals surface area contributed by atoms with Crippen molar-refractivity contribution in [3.05, 3.63) is 58.6 Å². The van der Waals surface area contributed by atoms with Gasteiger partial charge in [0.05, 0.1) is 23.7 Å². The third-order valence-electron chi connectivity index (χ3n) is 6.10. The summed E-state index contributed by atoms with van der Waals surface area (Å²) in [4.78, 5) is 44.2. The molecular weight excluding hydrogens is 477 g/mol.